The minimum absolute atomic E-state index is 0. The lowest BCUT2D eigenvalue weighted by Crippen LogP contribution is -2.59. The second-order valence-electron chi connectivity index (χ2n) is 15.4. The third kappa shape index (κ3) is 9.90. The van der Waals surface area contributed by atoms with Gasteiger partial charge < -0.3 is 10.1 Å². The zero-order valence-electron chi connectivity index (χ0n) is 34.3. The van der Waals surface area contributed by atoms with Crippen LogP contribution in [0.1, 0.15) is 38.2 Å². The Morgan fingerprint density at radius 1 is 0.651 bits per heavy atom. The molecule has 2 aliphatic heterocycles. The SMILES string of the molecule is CCOc1cc(CN2CCC(N(c3nc(-c4ccccc4F)c4cc(Cl)ccc4n3)N(c3nc(-c4ccccc4F)c4cc(Cl)ccc4n3)C3CCNCC3)CC2)ccc1Cl.Cl.Cl. The van der Waals surface area contributed by atoms with Gasteiger partial charge in [0.25, 0.3) is 0 Å². The predicted octanol–water partition coefficient (Wildman–Crippen LogP) is 12.0. The molecule has 4 heterocycles. The number of nitrogens with zero attached hydrogens (tertiary/aromatic N) is 7. The number of hydrazine groups is 1. The number of ether oxygens (including phenoxy) is 1. The van der Waals surface area contributed by atoms with Gasteiger partial charge in [-0.05, 0) is 124 Å². The fourth-order valence-electron chi connectivity index (χ4n) is 8.51. The molecule has 7 aromatic rings. The van der Waals surface area contributed by atoms with Crippen molar-refractivity contribution >= 4 is 93.3 Å². The number of benzene rings is 5. The second kappa shape index (κ2) is 20.5. The molecular formula is C47H45Cl5F2N8O. The topological polar surface area (TPSA) is 82.5 Å². The van der Waals surface area contributed by atoms with Crippen LogP contribution < -0.4 is 20.1 Å². The maximum atomic E-state index is 15.8. The summed E-state index contributed by atoms with van der Waals surface area (Å²) in [5, 5.41) is 10.6. The average molecular weight is 953 g/mol. The molecule has 5 aromatic carbocycles. The van der Waals surface area contributed by atoms with E-state index < -0.39 is 11.6 Å². The Morgan fingerprint density at radius 2 is 1.16 bits per heavy atom. The van der Waals surface area contributed by atoms with Crippen LogP contribution in [-0.4, -0.2) is 69.7 Å². The maximum Gasteiger partial charge on any atom is 0.246 e. The summed E-state index contributed by atoms with van der Waals surface area (Å²) in [5.74, 6) is 0.596. The van der Waals surface area contributed by atoms with Gasteiger partial charge in [0, 0.05) is 51.6 Å². The lowest BCUT2D eigenvalue weighted by molar-refractivity contribution is 0.196. The van der Waals surface area contributed by atoms with E-state index in [0.29, 0.717) is 83.6 Å². The summed E-state index contributed by atoms with van der Waals surface area (Å²) < 4.78 is 37.4. The van der Waals surface area contributed by atoms with Crippen LogP contribution in [-0.2, 0) is 6.54 Å². The summed E-state index contributed by atoms with van der Waals surface area (Å²) >= 11 is 19.6. The number of hydrogen-bond donors (Lipinski definition) is 1. The summed E-state index contributed by atoms with van der Waals surface area (Å²) in [6.07, 6.45) is 2.98. The van der Waals surface area contributed by atoms with Crippen molar-refractivity contribution in [2.24, 2.45) is 0 Å². The monoisotopic (exact) mass is 950 g/mol. The van der Waals surface area contributed by atoms with E-state index in [9.17, 15) is 0 Å². The summed E-state index contributed by atoms with van der Waals surface area (Å²) in [5.41, 5.74) is 3.82. The number of nitrogens with one attached hydrogen (secondary N) is 1. The maximum absolute atomic E-state index is 15.8. The highest BCUT2D eigenvalue weighted by Gasteiger charge is 2.38. The Labute approximate surface area is 392 Å². The van der Waals surface area contributed by atoms with Gasteiger partial charge in [0.05, 0.1) is 46.1 Å². The smallest absolute Gasteiger partial charge is 0.246 e. The molecule has 2 aliphatic rings. The molecule has 0 radical (unpaired) electrons. The number of halogens is 7. The average Bonchev–Trinajstić information content (AvgIpc) is 3.27. The zero-order valence-corrected chi connectivity index (χ0v) is 38.2. The van der Waals surface area contributed by atoms with Crippen molar-refractivity contribution in [1.29, 1.82) is 0 Å². The summed E-state index contributed by atoms with van der Waals surface area (Å²) in [4.78, 5) is 23.4. The Kier molecular flexibility index (Phi) is 15.1. The predicted molar refractivity (Wildman–Crippen MR) is 256 cm³/mol. The van der Waals surface area contributed by atoms with Crippen molar-refractivity contribution in [2.75, 3.05) is 42.8 Å². The molecule has 16 heteroatoms. The molecule has 63 heavy (non-hydrogen) atoms. The van der Waals surface area contributed by atoms with E-state index in [-0.39, 0.29) is 36.9 Å². The quantitative estimate of drug-likeness (QED) is 0.127. The van der Waals surface area contributed by atoms with Gasteiger partial charge in [-0.2, -0.15) is 0 Å². The van der Waals surface area contributed by atoms with E-state index in [0.717, 1.165) is 64.0 Å². The highest BCUT2D eigenvalue weighted by atomic mass is 35.5. The van der Waals surface area contributed by atoms with Crippen LogP contribution in [0.25, 0.3) is 44.3 Å². The van der Waals surface area contributed by atoms with Gasteiger partial charge in [-0.3, -0.25) is 4.90 Å². The summed E-state index contributed by atoms with van der Waals surface area (Å²) in [7, 11) is 0. The van der Waals surface area contributed by atoms with Gasteiger partial charge in [0.1, 0.15) is 17.4 Å². The first-order chi connectivity index (χ1) is 29.7. The van der Waals surface area contributed by atoms with Gasteiger partial charge in [0.15, 0.2) is 0 Å². The van der Waals surface area contributed by atoms with E-state index in [1.807, 2.05) is 37.3 Å². The van der Waals surface area contributed by atoms with Gasteiger partial charge >= 0.3 is 0 Å². The molecule has 328 valence electrons. The van der Waals surface area contributed by atoms with E-state index in [1.165, 1.54) is 12.1 Å². The first kappa shape index (κ1) is 46.4. The number of anilines is 2. The van der Waals surface area contributed by atoms with E-state index in [1.54, 1.807) is 60.7 Å². The van der Waals surface area contributed by atoms with Crippen molar-refractivity contribution in [2.45, 2.75) is 51.2 Å². The van der Waals surface area contributed by atoms with Crippen molar-refractivity contribution in [3.8, 4) is 28.3 Å². The van der Waals surface area contributed by atoms with E-state index in [4.69, 9.17) is 59.5 Å². The number of rotatable bonds is 11. The molecule has 2 fully saturated rings. The standard InChI is InChI=1S/C47H43Cl3F2N8O.2ClH/c1-2-61-43-25-29(11-14-38(43)50)28-58-23-19-33(20-24-58)60(47-55-42-16-13-31(49)27-37(42)45(57-47)35-8-4-6-10-40(35)52)59(32-17-21-53-22-18-32)46-54-41-15-12-30(48)26-36(41)44(56-46)34-7-3-5-9-39(34)51;;/h3-16,25-27,32-33,53H,2,17-24,28H2,1H3;2*1H. The fourth-order valence-corrected chi connectivity index (χ4v) is 9.03. The molecule has 0 saturated carbocycles. The first-order valence-electron chi connectivity index (χ1n) is 20.6. The number of aromatic nitrogens is 4. The Bertz CT molecular complexity index is 2720. The molecule has 0 atom stereocenters. The van der Waals surface area contributed by atoms with E-state index >= 15 is 8.78 Å². The lowest BCUT2D eigenvalue weighted by Gasteiger charge is -2.47. The molecule has 9 rings (SSSR count). The van der Waals surface area contributed by atoms with Crippen LogP contribution in [0, 0.1) is 11.6 Å². The highest BCUT2D eigenvalue weighted by Crippen LogP contribution is 2.38. The Morgan fingerprint density at radius 3 is 1.67 bits per heavy atom. The van der Waals surface area contributed by atoms with Crippen LogP contribution in [0.2, 0.25) is 15.1 Å². The Hall–Kier alpha value is -4.59. The van der Waals surface area contributed by atoms with E-state index in [2.05, 4.69) is 20.2 Å². The molecule has 0 amide bonds. The number of fused-ring (bicyclic) bond motifs is 2. The van der Waals surface area contributed by atoms with Crippen LogP contribution in [0.5, 0.6) is 5.75 Å². The minimum Gasteiger partial charge on any atom is -0.492 e. The van der Waals surface area contributed by atoms with Crippen molar-refractivity contribution in [3.05, 3.63) is 135 Å². The molecule has 1 N–H and O–H groups in total. The lowest BCUT2D eigenvalue weighted by atomic mass is 10.0. The number of piperidine rings is 2. The normalized spacial score (nSPS) is 14.9. The highest BCUT2D eigenvalue weighted by molar-refractivity contribution is 6.32. The van der Waals surface area contributed by atoms with Crippen LogP contribution in [0.4, 0.5) is 20.7 Å². The summed E-state index contributed by atoms with van der Waals surface area (Å²) in [6.45, 7) is 6.23. The number of likely N-dealkylation sites (tertiary alicyclic amines) is 1. The Balaban J connectivity index is 0.00000298. The van der Waals surface area contributed by atoms with Crippen LogP contribution >= 0.6 is 59.6 Å². The van der Waals surface area contributed by atoms with Gasteiger partial charge in [0.2, 0.25) is 11.9 Å². The van der Waals surface area contributed by atoms with Crippen LogP contribution in [0.15, 0.2) is 103 Å². The zero-order chi connectivity index (χ0) is 42.0. The van der Waals surface area contributed by atoms with Crippen LogP contribution in [0.3, 0.4) is 0 Å². The molecule has 0 unspecified atom stereocenters. The molecule has 9 nitrogen and oxygen atoms in total. The molecule has 0 bridgehead atoms. The molecular weight excluding hydrogens is 908 g/mol. The molecule has 2 aromatic heterocycles. The van der Waals surface area contributed by atoms with Gasteiger partial charge in [-0.1, -0.05) is 65.1 Å². The number of hydrogen-bond acceptors (Lipinski definition) is 9. The fraction of sp³-hybridized carbons (Fsp3) is 0.277. The largest absolute Gasteiger partial charge is 0.492 e. The molecule has 0 aliphatic carbocycles. The van der Waals surface area contributed by atoms with Gasteiger partial charge in [-0.15, -0.1) is 24.8 Å². The van der Waals surface area contributed by atoms with Gasteiger partial charge in [-0.25, -0.2) is 38.7 Å². The molecule has 0 spiro atoms. The first-order valence-corrected chi connectivity index (χ1v) is 21.7. The molecule has 2 saturated heterocycles. The third-order valence-corrected chi connectivity index (χ3v) is 12.2. The van der Waals surface area contributed by atoms with Crippen molar-refractivity contribution < 1.29 is 13.5 Å². The minimum atomic E-state index is -0.413. The van der Waals surface area contributed by atoms with Crippen molar-refractivity contribution in [1.82, 2.24) is 30.2 Å². The van der Waals surface area contributed by atoms with Crippen molar-refractivity contribution in [3.63, 3.8) is 0 Å². The summed E-state index contributed by atoms with van der Waals surface area (Å²) in [6, 6.07) is 29.7. The third-order valence-electron chi connectivity index (χ3n) is 11.5. The second-order valence-corrected chi connectivity index (χ2v) is 16.7.